The van der Waals surface area contributed by atoms with Crippen molar-refractivity contribution in [3.05, 3.63) is 71.3 Å². The Hall–Kier alpha value is -2.62. The zero-order valence-electron chi connectivity index (χ0n) is 13.9. The first kappa shape index (κ1) is 16.2. The Labute approximate surface area is 142 Å². The van der Waals surface area contributed by atoms with Gasteiger partial charge in [0.25, 0.3) is 0 Å². The van der Waals surface area contributed by atoms with Crippen molar-refractivity contribution in [3.63, 3.8) is 0 Å². The van der Waals surface area contributed by atoms with Gasteiger partial charge in [-0.3, -0.25) is 9.59 Å². The van der Waals surface area contributed by atoms with Gasteiger partial charge in [-0.2, -0.15) is 0 Å². The Morgan fingerprint density at radius 3 is 2.71 bits per heavy atom. The van der Waals surface area contributed by atoms with Crippen molar-refractivity contribution < 1.29 is 9.59 Å². The topological polar surface area (TPSA) is 49.4 Å². The Balaban J connectivity index is 1.76. The predicted molar refractivity (Wildman–Crippen MR) is 93.4 cm³/mol. The molecule has 1 aliphatic heterocycles. The smallest absolute Gasteiger partial charge is 0.247 e. The van der Waals surface area contributed by atoms with E-state index < -0.39 is 6.04 Å². The van der Waals surface area contributed by atoms with Gasteiger partial charge in [-0.1, -0.05) is 60.2 Å². The zero-order chi connectivity index (χ0) is 16.9. The molecule has 4 heteroatoms. The Morgan fingerprint density at radius 2 is 1.96 bits per heavy atom. The molecule has 4 nitrogen and oxygen atoms in total. The molecule has 1 aliphatic rings. The van der Waals surface area contributed by atoms with Crippen LogP contribution in [-0.4, -0.2) is 29.8 Å². The first-order valence-electron chi connectivity index (χ1n) is 8.33. The van der Waals surface area contributed by atoms with E-state index in [1.54, 1.807) is 4.90 Å². The van der Waals surface area contributed by atoms with Crippen LogP contribution in [0, 0.1) is 6.92 Å². The molecule has 24 heavy (non-hydrogen) atoms. The molecule has 0 aromatic heterocycles. The lowest BCUT2D eigenvalue weighted by molar-refractivity contribution is -0.143. The maximum absolute atomic E-state index is 12.7. The maximum atomic E-state index is 12.7. The molecular formula is C20H22N2O2. The molecule has 1 heterocycles. The number of hydrogen-bond acceptors (Lipinski definition) is 2. The highest BCUT2D eigenvalue weighted by Gasteiger charge is 2.33. The minimum atomic E-state index is -0.526. The van der Waals surface area contributed by atoms with Gasteiger partial charge in [0.2, 0.25) is 11.8 Å². The summed E-state index contributed by atoms with van der Waals surface area (Å²) in [5.74, 6) is -0.0693. The van der Waals surface area contributed by atoms with Gasteiger partial charge in [-0.15, -0.1) is 0 Å². The van der Waals surface area contributed by atoms with Crippen molar-refractivity contribution in [3.8, 4) is 0 Å². The average Bonchev–Trinajstić information content (AvgIpc) is 2.60. The number of rotatable bonds is 4. The fraction of sp³-hybridized carbons (Fsp3) is 0.300. The number of hydrogen-bond donors (Lipinski definition) is 1. The molecule has 2 aromatic rings. The van der Waals surface area contributed by atoms with Crippen LogP contribution in [0.1, 0.15) is 29.2 Å². The molecule has 1 N–H and O–H groups in total. The number of nitrogens with zero attached hydrogens (tertiary/aromatic N) is 1. The van der Waals surface area contributed by atoms with Crippen molar-refractivity contribution in [1.82, 2.24) is 10.2 Å². The average molecular weight is 322 g/mol. The SMILES string of the molecule is Cc1cccc(C2C(=O)NCCN2C(=O)CCc2ccccc2)c1. The number of aryl methyl sites for hydroxylation is 2. The number of nitrogens with one attached hydrogen (secondary N) is 1. The van der Waals surface area contributed by atoms with E-state index in [2.05, 4.69) is 5.32 Å². The molecule has 1 atom stereocenters. The van der Waals surface area contributed by atoms with Crippen molar-refractivity contribution in [2.45, 2.75) is 25.8 Å². The summed E-state index contributed by atoms with van der Waals surface area (Å²) in [6, 6.07) is 17.3. The monoisotopic (exact) mass is 322 g/mol. The zero-order valence-corrected chi connectivity index (χ0v) is 13.9. The third kappa shape index (κ3) is 3.65. The van der Waals surface area contributed by atoms with E-state index in [-0.39, 0.29) is 11.8 Å². The van der Waals surface area contributed by atoms with E-state index in [0.717, 1.165) is 16.7 Å². The van der Waals surface area contributed by atoms with Crippen molar-refractivity contribution in [2.75, 3.05) is 13.1 Å². The van der Waals surface area contributed by atoms with E-state index in [1.165, 1.54) is 0 Å². The molecule has 0 spiro atoms. The normalized spacial score (nSPS) is 17.5. The fourth-order valence-corrected chi connectivity index (χ4v) is 3.15. The second kappa shape index (κ2) is 7.30. The minimum Gasteiger partial charge on any atom is -0.352 e. The highest BCUT2D eigenvalue weighted by molar-refractivity contribution is 5.89. The summed E-state index contributed by atoms with van der Waals surface area (Å²) >= 11 is 0. The number of benzene rings is 2. The summed E-state index contributed by atoms with van der Waals surface area (Å²) in [6.07, 6.45) is 1.11. The number of carbonyl (C=O) groups excluding carboxylic acids is 2. The van der Waals surface area contributed by atoms with Crippen molar-refractivity contribution in [1.29, 1.82) is 0 Å². The molecule has 1 saturated heterocycles. The summed E-state index contributed by atoms with van der Waals surface area (Å²) in [5.41, 5.74) is 3.10. The van der Waals surface area contributed by atoms with Crippen molar-refractivity contribution >= 4 is 11.8 Å². The van der Waals surface area contributed by atoms with Crippen LogP contribution in [-0.2, 0) is 16.0 Å². The van der Waals surface area contributed by atoms with Crippen LogP contribution in [0.25, 0.3) is 0 Å². The van der Waals surface area contributed by atoms with E-state index in [9.17, 15) is 9.59 Å². The molecule has 1 fully saturated rings. The number of piperazine rings is 1. The fourth-order valence-electron chi connectivity index (χ4n) is 3.15. The highest BCUT2D eigenvalue weighted by Crippen LogP contribution is 2.25. The van der Waals surface area contributed by atoms with E-state index in [0.29, 0.717) is 25.9 Å². The van der Waals surface area contributed by atoms with Crippen LogP contribution in [0.3, 0.4) is 0 Å². The Kier molecular flexibility index (Phi) is 4.94. The highest BCUT2D eigenvalue weighted by atomic mass is 16.2. The van der Waals surface area contributed by atoms with Gasteiger partial charge >= 0.3 is 0 Å². The molecule has 0 aliphatic carbocycles. The van der Waals surface area contributed by atoms with Gasteiger partial charge in [-0.05, 0) is 24.5 Å². The number of carbonyl (C=O) groups is 2. The van der Waals surface area contributed by atoms with Gasteiger partial charge in [-0.25, -0.2) is 0 Å². The maximum Gasteiger partial charge on any atom is 0.247 e. The third-order valence-corrected chi connectivity index (χ3v) is 4.36. The molecular weight excluding hydrogens is 300 g/mol. The van der Waals surface area contributed by atoms with Gasteiger partial charge in [0.1, 0.15) is 6.04 Å². The minimum absolute atomic E-state index is 0.0280. The predicted octanol–water partition coefficient (Wildman–Crippen LogP) is 2.63. The lowest BCUT2D eigenvalue weighted by Crippen LogP contribution is -2.52. The molecule has 0 radical (unpaired) electrons. The number of amides is 2. The standard InChI is InChI=1S/C20H22N2O2/c1-15-6-5-9-17(14-15)19-20(24)21-12-13-22(19)18(23)11-10-16-7-3-2-4-8-16/h2-9,14,19H,10-13H2,1H3,(H,21,24). The van der Waals surface area contributed by atoms with Gasteiger partial charge in [0.05, 0.1) is 0 Å². The molecule has 3 rings (SSSR count). The molecule has 0 saturated carbocycles. The van der Waals surface area contributed by atoms with Crippen LogP contribution in [0.4, 0.5) is 0 Å². The molecule has 2 aromatic carbocycles. The first-order chi connectivity index (χ1) is 11.6. The summed E-state index contributed by atoms with van der Waals surface area (Å²) in [5, 5.41) is 2.88. The Bertz CT molecular complexity index is 727. The second-order valence-corrected chi connectivity index (χ2v) is 6.18. The Morgan fingerprint density at radius 1 is 1.17 bits per heavy atom. The third-order valence-electron chi connectivity index (χ3n) is 4.36. The van der Waals surface area contributed by atoms with E-state index >= 15 is 0 Å². The quantitative estimate of drug-likeness (QED) is 0.941. The summed E-state index contributed by atoms with van der Waals surface area (Å²) in [7, 11) is 0. The van der Waals surface area contributed by atoms with Crippen LogP contribution in [0.15, 0.2) is 54.6 Å². The van der Waals surface area contributed by atoms with E-state index in [1.807, 2.05) is 61.5 Å². The van der Waals surface area contributed by atoms with E-state index in [4.69, 9.17) is 0 Å². The van der Waals surface area contributed by atoms with Crippen LogP contribution >= 0.6 is 0 Å². The molecule has 1 unspecified atom stereocenters. The van der Waals surface area contributed by atoms with Gasteiger partial charge < -0.3 is 10.2 Å². The van der Waals surface area contributed by atoms with Crippen LogP contribution < -0.4 is 5.32 Å². The van der Waals surface area contributed by atoms with Gasteiger partial charge in [0.15, 0.2) is 0 Å². The van der Waals surface area contributed by atoms with Crippen LogP contribution in [0.2, 0.25) is 0 Å². The lowest BCUT2D eigenvalue weighted by atomic mass is 9.99. The molecule has 0 bridgehead atoms. The second-order valence-electron chi connectivity index (χ2n) is 6.18. The lowest BCUT2D eigenvalue weighted by Gasteiger charge is -2.35. The largest absolute Gasteiger partial charge is 0.352 e. The van der Waals surface area contributed by atoms with Gasteiger partial charge in [0, 0.05) is 19.5 Å². The molecule has 124 valence electrons. The van der Waals surface area contributed by atoms with Crippen LogP contribution in [0.5, 0.6) is 0 Å². The first-order valence-corrected chi connectivity index (χ1v) is 8.33. The summed E-state index contributed by atoms with van der Waals surface area (Å²) in [4.78, 5) is 26.8. The summed E-state index contributed by atoms with van der Waals surface area (Å²) < 4.78 is 0. The molecule has 2 amide bonds. The summed E-state index contributed by atoms with van der Waals surface area (Å²) in [6.45, 7) is 3.06. The van der Waals surface area contributed by atoms with Crippen molar-refractivity contribution in [2.24, 2.45) is 0 Å².